The lowest BCUT2D eigenvalue weighted by Gasteiger charge is -2.43. The van der Waals surface area contributed by atoms with Gasteiger partial charge in [-0.15, -0.1) is 5.10 Å². The van der Waals surface area contributed by atoms with Crippen LogP contribution in [-0.4, -0.2) is 50.9 Å². The molecule has 2 atom stereocenters. The smallest absolute Gasteiger partial charge is 0.458 e. The number of aryl methyl sites for hydroxylation is 3. The molecule has 1 saturated heterocycles. The number of nitrogens with zero attached hydrogens (tertiary/aromatic N) is 4. The average Bonchev–Trinajstić information content (AvgIpc) is 3.55. The van der Waals surface area contributed by atoms with Crippen molar-refractivity contribution >= 4 is 27.4 Å². The summed E-state index contributed by atoms with van der Waals surface area (Å²) in [5.41, 5.74) is -4.24. The number of sulfone groups is 1. The van der Waals surface area contributed by atoms with Crippen LogP contribution in [0.15, 0.2) is 35.2 Å². The molecule has 1 aliphatic heterocycles. The van der Waals surface area contributed by atoms with E-state index in [0.717, 1.165) is 49.2 Å². The van der Waals surface area contributed by atoms with E-state index < -0.39 is 37.7 Å². The first-order valence-electron chi connectivity index (χ1n) is 13.1. The van der Waals surface area contributed by atoms with Crippen molar-refractivity contribution in [1.29, 1.82) is 0 Å². The number of hydrogen-bond donors (Lipinski definition) is 0. The van der Waals surface area contributed by atoms with Gasteiger partial charge in [-0.25, -0.2) is 17.9 Å². The lowest BCUT2D eigenvalue weighted by molar-refractivity contribution is -0.185. The molecule has 0 radical (unpaired) electrons. The lowest BCUT2D eigenvalue weighted by Crippen LogP contribution is -2.52. The van der Waals surface area contributed by atoms with Gasteiger partial charge in [0.05, 0.1) is 4.90 Å². The maximum absolute atomic E-state index is 13.4. The van der Waals surface area contributed by atoms with Crippen molar-refractivity contribution in [2.45, 2.75) is 81.2 Å². The topological polar surface area (TPSA) is 121 Å². The van der Waals surface area contributed by atoms with Gasteiger partial charge in [0.15, 0.2) is 11.6 Å². The molecule has 0 amide bonds. The summed E-state index contributed by atoms with van der Waals surface area (Å²) in [5.74, 6) is -1.24. The number of ether oxygens (including phenoxy) is 1. The summed E-state index contributed by atoms with van der Waals surface area (Å²) < 4.78 is 69.7. The normalized spacial score (nSPS) is 22.7. The average molecular weight is 579 g/mol. The van der Waals surface area contributed by atoms with Crippen molar-refractivity contribution in [2.24, 2.45) is 11.8 Å². The minimum atomic E-state index is -5.44. The van der Waals surface area contributed by atoms with Crippen LogP contribution in [0, 0.1) is 25.7 Å². The van der Waals surface area contributed by atoms with Crippen LogP contribution in [0.2, 0.25) is 0 Å². The summed E-state index contributed by atoms with van der Waals surface area (Å²) in [6.45, 7) is 3.70. The predicted molar refractivity (Wildman–Crippen MR) is 136 cm³/mol. The van der Waals surface area contributed by atoms with Gasteiger partial charge in [0.25, 0.3) is 15.6 Å². The molecule has 214 valence electrons. The van der Waals surface area contributed by atoms with E-state index in [1.807, 2.05) is 19.9 Å². The van der Waals surface area contributed by atoms with Crippen molar-refractivity contribution in [3.8, 4) is 0 Å². The molecule has 1 saturated carbocycles. The molecule has 13 heteroatoms. The Morgan fingerprint density at radius 3 is 2.38 bits per heavy atom. The van der Waals surface area contributed by atoms with Gasteiger partial charge in [-0.05, 0) is 69.2 Å². The molecule has 9 nitrogen and oxygen atoms in total. The fourth-order valence-corrected chi connectivity index (χ4v) is 6.64. The van der Waals surface area contributed by atoms with Crippen LogP contribution in [0.1, 0.15) is 61.3 Å². The second-order valence-electron chi connectivity index (χ2n) is 10.7. The molecule has 2 aliphatic rings. The minimum Gasteiger partial charge on any atom is -0.458 e. The molecule has 0 bridgehead atoms. The van der Waals surface area contributed by atoms with E-state index in [0.29, 0.717) is 30.0 Å². The number of Topliss-reactive ketones (excluding diaryl/α,β-unsaturated/α-hetero) is 1. The number of alkyl halides is 3. The number of halogens is 3. The molecule has 40 heavy (non-hydrogen) atoms. The highest BCUT2D eigenvalue weighted by atomic mass is 32.2. The van der Waals surface area contributed by atoms with E-state index in [-0.39, 0.29) is 24.5 Å². The molecule has 2 fully saturated rings. The molecule has 0 spiro atoms. The number of hydrogen-bond acceptors (Lipinski definition) is 8. The van der Waals surface area contributed by atoms with E-state index in [1.54, 1.807) is 4.52 Å². The SMILES string of the molecule is Cc1cc(C)n2nc(CC3C(=O)CC(CCc4ccc(S(=O)(=O)C(F)(F)F)cc4)(C4CCCC4)OC3=O)nc2n1. The number of fused-ring (bicyclic) bond motifs is 1. The summed E-state index contributed by atoms with van der Waals surface area (Å²) in [4.78, 5) is 34.6. The summed E-state index contributed by atoms with van der Waals surface area (Å²) in [6, 6.07) is 6.35. The Bertz CT molecular complexity index is 1540. The van der Waals surface area contributed by atoms with Crippen LogP contribution in [0.3, 0.4) is 0 Å². The highest BCUT2D eigenvalue weighted by molar-refractivity contribution is 7.92. The highest BCUT2D eigenvalue weighted by Crippen LogP contribution is 2.45. The fourth-order valence-electron chi connectivity index (χ4n) is 5.88. The molecule has 3 aromatic rings. The maximum Gasteiger partial charge on any atom is 0.501 e. The third-order valence-corrected chi connectivity index (χ3v) is 9.48. The Balaban J connectivity index is 1.33. The van der Waals surface area contributed by atoms with Crippen molar-refractivity contribution in [2.75, 3.05) is 0 Å². The Morgan fingerprint density at radius 1 is 1.07 bits per heavy atom. The number of carbonyl (C=O) groups is 2. The first kappa shape index (κ1) is 28.2. The van der Waals surface area contributed by atoms with Crippen molar-refractivity contribution < 1.29 is 35.9 Å². The number of rotatable bonds is 7. The van der Waals surface area contributed by atoms with Crippen LogP contribution >= 0.6 is 0 Å². The second kappa shape index (κ2) is 10.2. The molecule has 5 rings (SSSR count). The molecule has 0 N–H and O–H groups in total. The highest BCUT2D eigenvalue weighted by Gasteiger charge is 2.52. The monoisotopic (exact) mass is 578 g/mol. The zero-order valence-electron chi connectivity index (χ0n) is 22.1. The summed E-state index contributed by atoms with van der Waals surface area (Å²) in [7, 11) is -5.44. The van der Waals surface area contributed by atoms with E-state index in [9.17, 15) is 31.2 Å². The summed E-state index contributed by atoms with van der Waals surface area (Å²) in [6.07, 6.45) is 4.10. The van der Waals surface area contributed by atoms with Crippen LogP contribution in [0.5, 0.6) is 0 Å². The Kier molecular flexibility index (Phi) is 7.22. The molecule has 1 aromatic carbocycles. The van der Waals surface area contributed by atoms with E-state index >= 15 is 0 Å². The quantitative estimate of drug-likeness (QED) is 0.301. The van der Waals surface area contributed by atoms with Gasteiger partial charge in [-0.1, -0.05) is 25.0 Å². The Morgan fingerprint density at radius 2 is 1.75 bits per heavy atom. The van der Waals surface area contributed by atoms with E-state index in [1.165, 1.54) is 12.1 Å². The van der Waals surface area contributed by atoms with Crippen LogP contribution in [-0.2, 0) is 37.0 Å². The van der Waals surface area contributed by atoms with Gasteiger partial charge in [0.1, 0.15) is 11.5 Å². The Hall–Kier alpha value is -3.35. The zero-order chi connectivity index (χ0) is 28.9. The molecule has 1 aliphatic carbocycles. The van der Waals surface area contributed by atoms with Gasteiger partial charge in [0.2, 0.25) is 0 Å². The Labute approximate surface area is 229 Å². The number of esters is 1. The third kappa shape index (κ3) is 5.23. The molecule has 2 unspecified atom stereocenters. The number of cyclic esters (lactones) is 1. The van der Waals surface area contributed by atoms with Crippen molar-refractivity contribution in [1.82, 2.24) is 19.6 Å². The number of carbonyl (C=O) groups excluding carboxylic acids is 2. The number of ketones is 1. The standard InChI is InChI=1S/C27H29F3N4O5S/c1-16-13-17(2)34-25(31-16)32-23(33-34)14-21-22(35)15-26(39-24(21)36,19-5-3-4-6-19)12-11-18-7-9-20(10-8-18)40(37,38)27(28,29)30/h7-10,13,19,21H,3-6,11-12,14-15H2,1-2H3. The van der Waals surface area contributed by atoms with Gasteiger partial charge < -0.3 is 4.74 Å². The van der Waals surface area contributed by atoms with Crippen LogP contribution < -0.4 is 0 Å². The van der Waals surface area contributed by atoms with Crippen LogP contribution in [0.25, 0.3) is 5.78 Å². The summed E-state index contributed by atoms with van der Waals surface area (Å²) >= 11 is 0. The van der Waals surface area contributed by atoms with Gasteiger partial charge in [-0.3, -0.25) is 9.59 Å². The van der Waals surface area contributed by atoms with Gasteiger partial charge >= 0.3 is 11.5 Å². The molecule has 3 heterocycles. The number of aromatic nitrogens is 4. The second-order valence-corrected chi connectivity index (χ2v) is 12.7. The third-order valence-electron chi connectivity index (χ3n) is 7.97. The fraction of sp³-hybridized carbons (Fsp3) is 0.519. The van der Waals surface area contributed by atoms with E-state index in [4.69, 9.17) is 4.74 Å². The maximum atomic E-state index is 13.4. The van der Waals surface area contributed by atoms with Gasteiger partial charge in [-0.2, -0.15) is 18.2 Å². The first-order valence-corrected chi connectivity index (χ1v) is 14.6. The van der Waals surface area contributed by atoms with Crippen molar-refractivity contribution in [3.63, 3.8) is 0 Å². The van der Waals surface area contributed by atoms with Gasteiger partial charge in [0, 0.05) is 24.2 Å². The molecule has 2 aromatic heterocycles. The van der Waals surface area contributed by atoms with E-state index in [2.05, 4.69) is 15.1 Å². The first-order chi connectivity index (χ1) is 18.8. The molecular formula is C27H29F3N4O5S. The van der Waals surface area contributed by atoms with Crippen LogP contribution in [0.4, 0.5) is 13.2 Å². The summed E-state index contributed by atoms with van der Waals surface area (Å²) in [5, 5.41) is 4.42. The largest absolute Gasteiger partial charge is 0.501 e. The predicted octanol–water partition coefficient (Wildman–Crippen LogP) is 4.27. The molecular weight excluding hydrogens is 549 g/mol. The lowest BCUT2D eigenvalue weighted by atomic mass is 9.73. The minimum absolute atomic E-state index is 0.00456. The van der Waals surface area contributed by atoms with Crippen molar-refractivity contribution in [3.05, 3.63) is 53.1 Å². The number of benzene rings is 1. The zero-order valence-corrected chi connectivity index (χ0v) is 22.9.